The number of hydrogen-bond acceptors (Lipinski definition) is 6. The Morgan fingerprint density at radius 3 is 1.42 bits per heavy atom. The van der Waals surface area contributed by atoms with E-state index in [0.717, 1.165) is 0 Å². The molecule has 2 amide bonds. The van der Waals surface area contributed by atoms with Gasteiger partial charge in [-0.1, -0.05) is 47.5 Å². The van der Waals surface area contributed by atoms with Gasteiger partial charge in [0.2, 0.25) is 11.8 Å². The monoisotopic (exact) mass is 568 g/mol. The van der Waals surface area contributed by atoms with Crippen LogP contribution in [0.5, 0.6) is 11.5 Å². The molecule has 4 N–H and O–H groups in total. The molecule has 0 aliphatic heterocycles. The van der Waals surface area contributed by atoms with Gasteiger partial charge in [-0.15, -0.1) is 0 Å². The van der Waals surface area contributed by atoms with Crippen LogP contribution in [0.1, 0.15) is 38.5 Å². The lowest BCUT2D eigenvalue weighted by molar-refractivity contribution is -0.139. The molecule has 0 spiro atoms. The van der Waals surface area contributed by atoms with Crippen molar-refractivity contribution in [3.8, 4) is 22.6 Å². The summed E-state index contributed by atoms with van der Waals surface area (Å²) in [6, 6.07) is 10.6. The highest BCUT2D eigenvalue weighted by atomic mass is 35.5. The maximum absolute atomic E-state index is 11.6. The van der Waals surface area contributed by atoms with E-state index in [4.69, 9.17) is 42.9 Å². The first-order valence-electron chi connectivity index (χ1n) is 12.0. The number of carboxylic acids is 2. The van der Waals surface area contributed by atoms with Crippen molar-refractivity contribution in [3.63, 3.8) is 0 Å². The van der Waals surface area contributed by atoms with Crippen molar-refractivity contribution in [2.75, 3.05) is 26.3 Å². The molecule has 0 aliphatic rings. The molecule has 2 aromatic carbocycles. The third kappa shape index (κ3) is 10.9. The summed E-state index contributed by atoms with van der Waals surface area (Å²) < 4.78 is 11.5. The van der Waals surface area contributed by atoms with Crippen molar-refractivity contribution in [1.82, 2.24) is 10.6 Å². The molecule has 0 aromatic heterocycles. The van der Waals surface area contributed by atoms with Gasteiger partial charge in [-0.3, -0.25) is 19.2 Å². The zero-order valence-corrected chi connectivity index (χ0v) is 22.1. The maximum atomic E-state index is 11.6. The minimum absolute atomic E-state index is 0.0707. The topological polar surface area (TPSA) is 151 Å². The van der Waals surface area contributed by atoms with E-state index in [1.165, 1.54) is 0 Å². The van der Waals surface area contributed by atoms with Crippen molar-refractivity contribution in [3.05, 3.63) is 46.4 Å². The fourth-order valence-electron chi connectivity index (χ4n) is 3.24. The Balaban J connectivity index is 1.87. The molecule has 0 radical (unpaired) electrons. The average Bonchev–Trinajstić information content (AvgIpc) is 2.88. The van der Waals surface area contributed by atoms with Crippen LogP contribution in [0.4, 0.5) is 0 Å². The smallest absolute Gasteiger partial charge is 0.303 e. The Kier molecular flexibility index (Phi) is 13.2. The van der Waals surface area contributed by atoms with Gasteiger partial charge in [0.1, 0.15) is 11.5 Å². The number of carbonyl (C=O) groups is 4. The van der Waals surface area contributed by atoms with Crippen LogP contribution in [0, 0.1) is 0 Å². The Hall–Kier alpha value is -3.50. The van der Waals surface area contributed by atoms with Crippen LogP contribution in [0.3, 0.4) is 0 Å². The van der Waals surface area contributed by atoms with E-state index in [2.05, 4.69) is 10.6 Å². The van der Waals surface area contributed by atoms with Gasteiger partial charge in [0, 0.05) is 37.1 Å². The number of amides is 2. The van der Waals surface area contributed by atoms with Crippen LogP contribution < -0.4 is 20.1 Å². The van der Waals surface area contributed by atoms with Gasteiger partial charge in [0.15, 0.2) is 0 Å². The predicted octanol–water partition coefficient (Wildman–Crippen LogP) is 4.16. The van der Waals surface area contributed by atoms with Gasteiger partial charge in [0.05, 0.1) is 36.1 Å². The molecule has 0 saturated heterocycles. The van der Waals surface area contributed by atoms with Crippen LogP contribution in [0.15, 0.2) is 36.4 Å². The third-order valence-corrected chi connectivity index (χ3v) is 5.93. The molecule has 0 saturated carbocycles. The molecule has 2 rings (SSSR count). The number of hydrogen-bond donors (Lipinski definition) is 4. The molecule has 0 atom stereocenters. The van der Waals surface area contributed by atoms with E-state index < -0.39 is 11.9 Å². The van der Waals surface area contributed by atoms with E-state index in [0.29, 0.717) is 58.6 Å². The highest BCUT2D eigenvalue weighted by molar-refractivity contribution is 6.38. The first-order chi connectivity index (χ1) is 18.2. The lowest BCUT2D eigenvalue weighted by Gasteiger charge is -2.15. The lowest BCUT2D eigenvalue weighted by Crippen LogP contribution is -2.25. The number of carbonyl (C=O) groups excluding carboxylic acids is 2. The van der Waals surface area contributed by atoms with Crippen LogP contribution in [-0.2, 0) is 19.2 Å². The molecule has 0 heterocycles. The average molecular weight is 569 g/mol. The number of carboxylic acid groups (broad SMARTS) is 2. The second kappa shape index (κ2) is 16.4. The summed E-state index contributed by atoms with van der Waals surface area (Å²) in [5.74, 6) is -1.81. The van der Waals surface area contributed by atoms with Crippen molar-refractivity contribution < 1.29 is 38.9 Å². The number of halogens is 2. The zero-order valence-electron chi connectivity index (χ0n) is 20.6. The fraction of sp³-hybridized carbons (Fsp3) is 0.385. The Morgan fingerprint density at radius 1 is 0.658 bits per heavy atom. The Morgan fingerprint density at radius 2 is 1.05 bits per heavy atom. The van der Waals surface area contributed by atoms with Crippen molar-refractivity contribution in [1.29, 1.82) is 0 Å². The number of ether oxygens (including phenoxy) is 2. The maximum Gasteiger partial charge on any atom is 0.303 e. The summed E-state index contributed by atoms with van der Waals surface area (Å²) in [4.78, 5) is 44.2. The van der Waals surface area contributed by atoms with Crippen LogP contribution in [0.2, 0.25) is 10.0 Å². The summed E-state index contributed by atoms with van der Waals surface area (Å²) in [6.07, 6.45) is 0.437. The highest BCUT2D eigenvalue weighted by Gasteiger charge is 2.15. The standard InChI is InChI=1S/C26H30Cl2N2O8/c27-25-17(5-1-7-19(25)37-15-3-13-29-21(31)9-11-23(33)34)18-6-2-8-20(26(18)28)38-16-4-14-30-22(32)10-12-24(35)36/h1-2,5-8H,3-4,9-16H2,(H,29,31)(H,30,32)(H,33,34)(H,35,36). The summed E-state index contributed by atoms with van der Waals surface area (Å²) in [7, 11) is 0. The van der Waals surface area contributed by atoms with E-state index in [1.54, 1.807) is 36.4 Å². The Labute approximate surface area is 230 Å². The first-order valence-corrected chi connectivity index (χ1v) is 12.7. The van der Waals surface area contributed by atoms with Crippen molar-refractivity contribution in [2.45, 2.75) is 38.5 Å². The molecule has 0 bridgehead atoms. The summed E-state index contributed by atoms with van der Waals surface area (Å²) in [5.41, 5.74) is 1.29. The minimum Gasteiger partial charge on any atom is -0.492 e. The molecular weight excluding hydrogens is 539 g/mol. The van der Waals surface area contributed by atoms with E-state index in [1.807, 2.05) is 0 Å². The number of rotatable bonds is 17. The molecular formula is C26H30Cl2N2O8. The number of benzene rings is 2. The van der Waals surface area contributed by atoms with Crippen molar-refractivity contribution in [2.24, 2.45) is 0 Å². The molecule has 38 heavy (non-hydrogen) atoms. The predicted molar refractivity (Wildman–Crippen MR) is 142 cm³/mol. The summed E-state index contributed by atoms with van der Waals surface area (Å²) in [6.45, 7) is 1.25. The quantitative estimate of drug-likeness (QED) is 0.207. The van der Waals surface area contributed by atoms with Gasteiger partial charge in [-0.25, -0.2) is 0 Å². The molecule has 0 fully saturated rings. The molecule has 0 aliphatic carbocycles. The van der Waals surface area contributed by atoms with E-state index in [-0.39, 0.29) is 50.7 Å². The molecule has 10 nitrogen and oxygen atoms in total. The summed E-state index contributed by atoms with van der Waals surface area (Å²) >= 11 is 13.2. The van der Waals surface area contributed by atoms with Gasteiger partial charge < -0.3 is 30.3 Å². The fourth-order valence-corrected chi connectivity index (χ4v) is 3.81. The van der Waals surface area contributed by atoms with Crippen molar-refractivity contribution >= 4 is 47.0 Å². The molecule has 2 aromatic rings. The minimum atomic E-state index is -1.02. The highest BCUT2D eigenvalue weighted by Crippen LogP contribution is 2.41. The van der Waals surface area contributed by atoms with Gasteiger partial charge in [0.25, 0.3) is 0 Å². The van der Waals surface area contributed by atoms with E-state index in [9.17, 15) is 19.2 Å². The molecule has 12 heteroatoms. The van der Waals surface area contributed by atoms with E-state index >= 15 is 0 Å². The van der Waals surface area contributed by atoms with Gasteiger partial charge in [-0.2, -0.15) is 0 Å². The Bertz CT molecular complexity index is 1040. The summed E-state index contributed by atoms with van der Waals surface area (Å²) in [5, 5.41) is 23.2. The number of aliphatic carboxylic acids is 2. The van der Waals surface area contributed by atoms with Gasteiger partial charge >= 0.3 is 11.9 Å². The van der Waals surface area contributed by atoms with Gasteiger partial charge in [-0.05, 0) is 25.0 Å². The number of nitrogens with one attached hydrogen (secondary N) is 2. The second-order valence-corrected chi connectivity index (χ2v) is 8.88. The zero-order chi connectivity index (χ0) is 27.9. The third-order valence-electron chi connectivity index (χ3n) is 5.15. The SMILES string of the molecule is O=C(O)CCC(=O)NCCCOc1cccc(-c2cccc(OCCCNC(=O)CCC(=O)O)c2Cl)c1Cl. The molecule has 206 valence electrons. The molecule has 0 unspecified atom stereocenters. The first kappa shape index (κ1) is 30.7. The second-order valence-electron chi connectivity index (χ2n) is 8.13. The van der Waals surface area contributed by atoms with Crippen LogP contribution >= 0.6 is 23.2 Å². The normalized spacial score (nSPS) is 10.5. The largest absolute Gasteiger partial charge is 0.492 e. The van der Waals surface area contributed by atoms with Crippen LogP contribution in [-0.4, -0.2) is 60.3 Å². The lowest BCUT2D eigenvalue weighted by atomic mass is 10.0. The van der Waals surface area contributed by atoms with Crippen LogP contribution in [0.25, 0.3) is 11.1 Å².